The molecule has 6 heteroatoms. The quantitative estimate of drug-likeness (QED) is 0.781. The minimum Gasteiger partial charge on any atom is -0.495 e. The molecule has 130 valence electrons. The van der Waals surface area contributed by atoms with Crippen LogP contribution in [-0.2, 0) is 10.0 Å². The highest BCUT2D eigenvalue weighted by Gasteiger charge is 2.19. The van der Waals surface area contributed by atoms with Gasteiger partial charge in [0.15, 0.2) is 0 Å². The number of benzene rings is 2. The largest absolute Gasteiger partial charge is 0.495 e. The van der Waals surface area contributed by atoms with Crippen LogP contribution in [0.15, 0.2) is 41.3 Å². The van der Waals surface area contributed by atoms with E-state index in [2.05, 4.69) is 4.72 Å². The van der Waals surface area contributed by atoms with Crippen molar-refractivity contribution in [2.45, 2.75) is 25.7 Å². The van der Waals surface area contributed by atoms with Crippen molar-refractivity contribution < 1.29 is 17.9 Å². The van der Waals surface area contributed by atoms with Crippen molar-refractivity contribution in [2.75, 3.05) is 20.3 Å². The first-order valence-electron chi connectivity index (χ1n) is 7.68. The smallest absolute Gasteiger partial charge is 0.244 e. The van der Waals surface area contributed by atoms with E-state index in [9.17, 15) is 8.42 Å². The summed E-state index contributed by atoms with van der Waals surface area (Å²) in [5.41, 5.74) is 3.04. The fourth-order valence-corrected chi connectivity index (χ4v) is 3.63. The van der Waals surface area contributed by atoms with Crippen LogP contribution in [-0.4, -0.2) is 28.7 Å². The van der Waals surface area contributed by atoms with Gasteiger partial charge in [-0.15, -0.1) is 0 Å². The van der Waals surface area contributed by atoms with E-state index in [0.717, 1.165) is 22.4 Å². The molecule has 0 radical (unpaired) electrons. The summed E-state index contributed by atoms with van der Waals surface area (Å²) >= 11 is 0. The molecule has 0 unspecified atom stereocenters. The Kier molecular flexibility index (Phi) is 5.85. The fourth-order valence-electron chi connectivity index (χ4n) is 2.37. The van der Waals surface area contributed by atoms with Gasteiger partial charge >= 0.3 is 0 Å². The molecule has 0 spiro atoms. The summed E-state index contributed by atoms with van der Waals surface area (Å²) in [6, 6.07) is 10.9. The maximum atomic E-state index is 12.4. The van der Waals surface area contributed by atoms with Gasteiger partial charge in [-0.2, -0.15) is 0 Å². The number of hydrogen-bond donors (Lipinski definition) is 1. The lowest BCUT2D eigenvalue weighted by Gasteiger charge is -2.13. The third-order valence-corrected chi connectivity index (χ3v) is 5.07. The highest BCUT2D eigenvalue weighted by Crippen LogP contribution is 2.24. The summed E-state index contributed by atoms with van der Waals surface area (Å²) in [6.07, 6.45) is 0. The molecule has 0 bridgehead atoms. The van der Waals surface area contributed by atoms with E-state index in [-0.39, 0.29) is 18.0 Å². The van der Waals surface area contributed by atoms with Crippen LogP contribution in [0.4, 0.5) is 0 Å². The normalized spacial score (nSPS) is 11.3. The Morgan fingerprint density at radius 1 is 0.958 bits per heavy atom. The van der Waals surface area contributed by atoms with Gasteiger partial charge in [-0.3, -0.25) is 0 Å². The Balaban J connectivity index is 1.99. The van der Waals surface area contributed by atoms with Gasteiger partial charge in [-0.1, -0.05) is 23.8 Å². The average Bonchev–Trinajstić information content (AvgIpc) is 2.53. The molecule has 0 aliphatic heterocycles. The Labute approximate surface area is 143 Å². The van der Waals surface area contributed by atoms with Crippen LogP contribution >= 0.6 is 0 Å². The summed E-state index contributed by atoms with van der Waals surface area (Å²) in [5, 5.41) is 0. The molecule has 1 N–H and O–H groups in total. The molecule has 0 fully saturated rings. The van der Waals surface area contributed by atoms with Crippen molar-refractivity contribution >= 4 is 10.0 Å². The molecule has 0 atom stereocenters. The monoisotopic (exact) mass is 349 g/mol. The second-order valence-electron chi connectivity index (χ2n) is 5.67. The van der Waals surface area contributed by atoms with E-state index in [4.69, 9.17) is 9.47 Å². The summed E-state index contributed by atoms with van der Waals surface area (Å²) in [5.74, 6) is 1.08. The second kappa shape index (κ2) is 7.68. The third-order valence-electron chi connectivity index (χ3n) is 3.59. The van der Waals surface area contributed by atoms with Gasteiger partial charge in [-0.05, 0) is 50.1 Å². The van der Waals surface area contributed by atoms with Gasteiger partial charge in [0.2, 0.25) is 10.0 Å². The maximum absolute atomic E-state index is 12.4. The van der Waals surface area contributed by atoms with Crippen LogP contribution in [0.25, 0.3) is 0 Å². The lowest BCUT2D eigenvalue weighted by Crippen LogP contribution is -2.28. The third kappa shape index (κ3) is 4.49. The Bertz CT molecular complexity index is 816. The molecule has 0 saturated carbocycles. The first kappa shape index (κ1) is 18.3. The highest BCUT2D eigenvalue weighted by atomic mass is 32.2. The van der Waals surface area contributed by atoms with Gasteiger partial charge in [-0.25, -0.2) is 13.1 Å². The molecule has 24 heavy (non-hydrogen) atoms. The van der Waals surface area contributed by atoms with Crippen LogP contribution in [0.2, 0.25) is 0 Å². The van der Waals surface area contributed by atoms with Crippen molar-refractivity contribution in [1.29, 1.82) is 0 Å². The van der Waals surface area contributed by atoms with E-state index < -0.39 is 10.0 Å². The van der Waals surface area contributed by atoms with Gasteiger partial charge in [0, 0.05) is 6.54 Å². The molecule has 2 rings (SSSR count). The van der Waals surface area contributed by atoms with E-state index in [1.165, 1.54) is 7.11 Å². The van der Waals surface area contributed by atoms with Crippen LogP contribution in [0, 0.1) is 20.8 Å². The van der Waals surface area contributed by atoms with Crippen molar-refractivity contribution in [3.05, 3.63) is 53.1 Å². The zero-order chi connectivity index (χ0) is 17.7. The molecule has 0 amide bonds. The topological polar surface area (TPSA) is 64.6 Å². The van der Waals surface area contributed by atoms with Crippen LogP contribution in [0.3, 0.4) is 0 Å². The zero-order valence-electron chi connectivity index (χ0n) is 14.4. The van der Waals surface area contributed by atoms with E-state index in [1.54, 1.807) is 18.2 Å². The van der Waals surface area contributed by atoms with Gasteiger partial charge < -0.3 is 9.47 Å². The molecule has 0 heterocycles. The molecule has 2 aromatic rings. The first-order chi connectivity index (χ1) is 11.3. The number of ether oxygens (including phenoxy) is 2. The zero-order valence-corrected chi connectivity index (χ0v) is 15.2. The fraction of sp³-hybridized carbons (Fsp3) is 0.333. The minimum absolute atomic E-state index is 0.136. The summed E-state index contributed by atoms with van der Waals surface area (Å²) < 4.78 is 38.2. The van der Waals surface area contributed by atoms with Gasteiger partial charge in [0.25, 0.3) is 0 Å². The lowest BCUT2D eigenvalue weighted by atomic mass is 10.1. The van der Waals surface area contributed by atoms with Crippen molar-refractivity contribution in [3.63, 3.8) is 0 Å². The average molecular weight is 349 g/mol. The molecule has 0 aromatic heterocycles. The lowest BCUT2D eigenvalue weighted by molar-refractivity contribution is 0.320. The number of sulfonamides is 1. The Morgan fingerprint density at radius 2 is 1.58 bits per heavy atom. The number of rotatable bonds is 7. The molecule has 5 nitrogen and oxygen atoms in total. The molecule has 0 saturated heterocycles. The first-order valence-corrected chi connectivity index (χ1v) is 9.16. The van der Waals surface area contributed by atoms with Crippen LogP contribution in [0.1, 0.15) is 16.7 Å². The molecule has 2 aromatic carbocycles. The van der Waals surface area contributed by atoms with Crippen molar-refractivity contribution in [2.24, 2.45) is 0 Å². The Hall–Kier alpha value is -2.05. The van der Waals surface area contributed by atoms with Gasteiger partial charge in [0.1, 0.15) is 23.0 Å². The van der Waals surface area contributed by atoms with E-state index in [0.29, 0.717) is 5.75 Å². The predicted octanol–water partition coefficient (Wildman–Crippen LogP) is 2.98. The number of hydrogen-bond acceptors (Lipinski definition) is 4. The SMILES string of the molecule is COc1ccc(C)cc1S(=O)(=O)NCCOc1ccc(C)cc1C. The molecular formula is C18H23NO4S. The highest BCUT2D eigenvalue weighted by molar-refractivity contribution is 7.89. The summed E-state index contributed by atoms with van der Waals surface area (Å²) in [4.78, 5) is 0.136. The van der Waals surface area contributed by atoms with Crippen molar-refractivity contribution in [1.82, 2.24) is 4.72 Å². The number of methoxy groups -OCH3 is 1. The Morgan fingerprint density at radius 3 is 2.21 bits per heavy atom. The van der Waals surface area contributed by atoms with Crippen LogP contribution < -0.4 is 14.2 Å². The number of nitrogens with one attached hydrogen (secondary N) is 1. The molecule has 0 aliphatic carbocycles. The van der Waals surface area contributed by atoms with Gasteiger partial charge in [0.05, 0.1) is 7.11 Å². The molecule has 0 aliphatic rings. The maximum Gasteiger partial charge on any atom is 0.244 e. The second-order valence-corrected chi connectivity index (χ2v) is 7.40. The van der Waals surface area contributed by atoms with E-state index in [1.807, 2.05) is 39.0 Å². The standard InChI is InChI=1S/C18H23NO4S/c1-13-5-7-16(15(3)11-13)23-10-9-19-24(20,21)18-12-14(2)6-8-17(18)22-4/h5-8,11-12,19H,9-10H2,1-4H3. The van der Waals surface area contributed by atoms with Crippen molar-refractivity contribution in [3.8, 4) is 11.5 Å². The minimum atomic E-state index is -3.65. The summed E-state index contributed by atoms with van der Waals surface area (Å²) in [7, 11) is -2.20. The molecular weight excluding hydrogens is 326 g/mol. The summed E-state index contributed by atoms with van der Waals surface area (Å²) in [6.45, 7) is 6.23. The van der Waals surface area contributed by atoms with Crippen LogP contribution in [0.5, 0.6) is 11.5 Å². The predicted molar refractivity (Wildman–Crippen MR) is 94.3 cm³/mol. The number of aryl methyl sites for hydroxylation is 3. The van der Waals surface area contributed by atoms with E-state index >= 15 is 0 Å².